The first-order chi connectivity index (χ1) is 10.2. The standard InChI is InChI=1S/C14H14N6O/c1-8-5-12(19-14(15-2)17-8)13(21)18-10-3-4-11-9(6-10)7-16-20-11/h3-7H,1-2H3,(H,16,20)(H,18,21)(H,15,17,19). The number of anilines is 2. The van der Waals surface area contributed by atoms with E-state index < -0.39 is 0 Å². The molecule has 7 nitrogen and oxygen atoms in total. The van der Waals surface area contributed by atoms with Crippen molar-refractivity contribution in [3.8, 4) is 0 Å². The first-order valence-electron chi connectivity index (χ1n) is 6.43. The van der Waals surface area contributed by atoms with Gasteiger partial charge in [0.15, 0.2) is 0 Å². The Bertz CT molecular complexity index is 810. The number of carbonyl (C=O) groups excluding carboxylic acids is 1. The van der Waals surface area contributed by atoms with E-state index >= 15 is 0 Å². The molecule has 0 fully saturated rings. The number of nitrogens with one attached hydrogen (secondary N) is 3. The molecule has 0 unspecified atom stereocenters. The smallest absolute Gasteiger partial charge is 0.274 e. The van der Waals surface area contributed by atoms with Crippen LogP contribution in [0.2, 0.25) is 0 Å². The molecule has 3 N–H and O–H groups in total. The third-order valence-electron chi connectivity index (χ3n) is 3.01. The van der Waals surface area contributed by atoms with Gasteiger partial charge in [0.1, 0.15) is 5.69 Å². The molecule has 0 aliphatic heterocycles. The summed E-state index contributed by atoms with van der Waals surface area (Å²) in [7, 11) is 1.71. The van der Waals surface area contributed by atoms with Crippen LogP contribution in [0, 0.1) is 6.92 Å². The van der Waals surface area contributed by atoms with Gasteiger partial charge in [-0.15, -0.1) is 0 Å². The summed E-state index contributed by atoms with van der Waals surface area (Å²) in [5, 5.41) is 13.4. The molecule has 2 heterocycles. The van der Waals surface area contributed by atoms with E-state index in [0.717, 1.165) is 16.6 Å². The summed E-state index contributed by atoms with van der Waals surface area (Å²) >= 11 is 0. The number of rotatable bonds is 3. The molecule has 7 heteroatoms. The minimum absolute atomic E-state index is 0.278. The Balaban J connectivity index is 1.86. The van der Waals surface area contributed by atoms with Crippen LogP contribution < -0.4 is 10.6 Å². The molecular weight excluding hydrogens is 268 g/mol. The number of aromatic nitrogens is 4. The van der Waals surface area contributed by atoms with Crippen molar-refractivity contribution in [3.63, 3.8) is 0 Å². The molecule has 21 heavy (non-hydrogen) atoms. The third-order valence-corrected chi connectivity index (χ3v) is 3.01. The van der Waals surface area contributed by atoms with E-state index in [1.54, 1.807) is 19.3 Å². The van der Waals surface area contributed by atoms with Crippen molar-refractivity contribution >= 4 is 28.4 Å². The molecular formula is C14H14N6O. The highest BCUT2D eigenvalue weighted by molar-refractivity contribution is 6.04. The fraction of sp³-hybridized carbons (Fsp3) is 0.143. The highest BCUT2D eigenvalue weighted by Crippen LogP contribution is 2.17. The van der Waals surface area contributed by atoms with Crippen molar-refractivity contribution in [3.05, 3.63) is 41.9 Å². The summed E-state index contributed by atoms with van der Waals surface area (Å²) in [5.74, 6) is 0.144. The van der Waals surface area contributed by atoms with Gasteiger partial charge >= 0.3 is 0 Å². The van der Waals surface area contributed by atoms with Crippen LogP contribution in [0.5, 0.6) is 0 Å². The zero-order valence-corrected chi connectivity index (χ0v) is 11.6. The average molecular weight is 282 g/mol. The van der Waals surface area contributed by atoms with Gasteiger partial charge in [0.05, 0.1) is 11.7 Å². The number of carbonyl (C=O) groups is 1. The Labute approximate surface area is 120 Å². The molecule has 0 bridgehead atoms. The van der Waals surface area contributed by atoms with Crippen LogP contribution >= 0.6 is 0 Å². The molecule has 0 radical (unpaired) electrons. The van der Waals surface area contributed by atoms with Crippen LogP contribution in [-0.4, -0.2) is 33.1 Å². The summed E-state index contributed by atoms with van der Waals surface area (Å²) in [6.45, 7) is 1.82. The summed E-state index contributed by atoms with van der Waals surface area (Å²) in [4.78, 5) is 20.6. The van der Waals surface area contributed by atoms with Crippen molar-refractivity contribution in [2.24, 2.45) is 0 Å². The fourth-order valence-electron chi connectivity index (χ4n) is 2.01. The summed E-state index contributed by atoms with van der Waals surface area (Å²) < 4.78 is 0. The van der Waals surface area contributed by atoms with Crippen molar-refractivity contribution in [2.75, 3.05) is 17.7 Å². The quantitative estimate of drug-likeness (QED) is 0.682. The lowest BCUT2D eigenvalue weighted by Crippen LogP contribution is -2.15. The number of aromatic amines is 1. The van der Waals surface area contributed by atoms with Gasteiger partial charge in [-0.25, -0.2) is 9.97 Å². The van der Waals surface area contributed by atoms with E-state index in [0.29, 0.717) is 17.3 Å². The SMILES string of the molecule is CNc1nc(C)cc(C(=O)Nc2ccc3[nH]ncc3c2)n1. The van der Waals surface area contributed by atoms with Crippen molar-refractivity contribution in [1.82, 2.24) is 20.2 Å². The minimum atomic E-state index is -0.278. The second-order valence-electron chi connectivity index (χ2n) is 4.59. The summed E-state index contributed by atoms with van der Waals surface area (Å²) in [6, 6.07) is 7.17. The number of H-pyrrole nitrogens is 1. The van der Waals surface area contributed by atoms with Gasteiger partial charge in [-0.2, -0.15) is 5.10 Å². The van der Waals surface area contributed by atoms with Gasteiger partial charge < -0.3 is 10.6 Å². The van der Waals surface area contributed by atoms with E-state index in [4.69, 9.17) is 0 Å². The maximum atomic E-state index is 12.3. The van der Waals surface area contributed by atoms with Gasteiger partial charge in [0, 0.05) is 23.8 Å². The monoisotopic (exact) mass is 282 g/mol. The van der Waals surface area contributed by atoms with Crippen LogP contribution in [0.15, 0.2) is 30.5 Å². The normalized spacial score (nSPS) is 10.6. The number of aryl methyl sites for hydroxylation is 1. The Kier molecular flexibility index (Phi) is 3.23. The first-order valence-corrected chi connectivity index (χ1v) is 6.43. The molecule has 0 saturated heterocycles. The first kappa shape index (κ1) is 13.0. The molecule has 0 atom stereocenters. The Morgan fingerprint density at radius 1 is 1.24 bits per heavy atom. The molecule has 1 aromatic carbocycles. The molecule has 3 rings (SSSR count). The number of benzene rings is 1. The largest absolute Gasteiger partial charge is 0.357 e. The van der Waals surface area contributed by atoms with Gasteiger partial charge in [-0.05, 0) is 31.2 Å². The molecule has 0 aliphatic carbocycles. The molecule has 0 aliphatic rings. The van der Waals surface area contributed by atoms with Crippen molar-refractivity contribution in [2.45, 2.75) is 6.92 Å². The van der Waals surface area contributed by atoms with Crippen LogP contribution in [0.25, 0.3) is 10.9 Å². The maximum Gasteiger partial charge on any atom is 0.274 e. The van der Waals surface area contributed by atoms with E-state index in [9.17, 15) is 4.79 Å². The predicted molar refractivity (Wildman–Crippen MR) is 80.4 cm³/mol. The maximum absolute atomic E-state index is 12.3. The highest BCUT2D eigenvalue weighted by atomic mass is 16.1. The van der Waals surface area contributed by atoms with Crippen LogP contribution in [0.3, 0.4) is 0 Å². The molecule has 0 saturated carbocycles. The van der Waals surface area contributed by atoms with Gasteiger partial charge in [0.25, 0.3) is 5.91 Å². The van der Waals surface area contributed by atoms with E-state index in [2.05, 4.69) is 30.8 Å². The molecule has 2 aromatic heterocycles. The van der Waals surface area contributed by atoms with E-state index in [1.165, 1.54) is 0 Å². The van der Waals surface area contributed by atoms with Crippen LogP contribution in [0.1, 0.15) is 16.2 Å². The zero-order chi connectivity index (χ0) is 14.8. The number of amides is 1. The lowest BCUT2D eigenvalue weighted by Gasteiger charge is -2.07. The van der Waals surface area contributed by atoms with Crippen LogP contribution in [0.4, 0.5) is 11.6 Å². The summed E-state index contributed by atoms with van der Waals surface area (Å²) in [5.41, 5.74) is 2.66. The predicted octanol–water partition coefficient (Wildman–Crippen LogP) is 1.96. The Morgan fingerprint density at radius 3 is 2.90 bits per heavy atom. The molecule has 0 spiro atoms. The highest BCUT2D eigenvalue weighted by Gasteiger charge is 2.11. The molecule has 106 valence electrons. The number of nitrogens with zero attached hydrogens (tertiary/aromatic N) is 3. The number of hydrogen-bond acceptors (Lipinski definition) is 5. The van der Waals surface area contributed by atoms with Crippen LogP contribution in [-0.2, 0) is 0 Å². The molecule has 3 aromatic rings. The van der Waals surface area contributed by atoms with Gasteiger partial charge in [0.2, 0.25) is 5.95 Å². The lowest BCUT2D eigenvalue weighted by atomic mass is 10.2. The second-order valence-corrected chi connectivity index (χ2v) is 4.59. The third kappa shape index (κ3) is 2.66. The van der Waals surface area contributed by atoms with Crippen molar-refractivity contribution < 1.29 is 4.79 Å². The Morgan fingerprint density at radius 2 is 2.10 bits per heavy atom. The van der Waals surface area contributed by atoms with E-state index in [1.807, 2.05) is 25.1 Å². The Hall–Kier alpha value is -2.96. The fourth-order valence-corrected chi connectivity index (χ4v) is 2.01. The lowest BCUT2D eigenvalue weighted by molar-refractivity contribution is 0.102. The second kappa shape index (κ2) is 5.20. The van der Waals surface area contributed by atoms with Gasteiger partial charge in [-0.1, -0.05) is 0 Å². The van der Waals surface area contributed by atoms with Gasteiger partial charge in [-0.3, -0.25) is 9.89 Å². The summed E-state index contributed by atoms with van der Waals surface area (Å²) in [6.07, 6.45) is 1.71. The average Bonchev–Trinajstić information content (AvgIpc) is 2.94. The number of hydrogen-bond donors (Lipinski definition) is 3. The van der Waals surface area contributed by atoms with E-state index in [-0.39, 0.29) is 5.91 Å². The molecule has 1 amide bonds. The topological polar surface area (TPSA) is 95.6 Å². The zero-order valence-electron chi connectivity index (χ0n) is 11.6. The van der Waals surface area contributed by atoms with Crippen molar-refractivity contribution in [1.29, 1.82) is 0 Å². The number of fused-ring (bicyclic) bond motifs is 1. The minimum Gasteiger partial charge on any atom is -0.357 e.